The molecule has 1 aliphatic heterocycles. The van der Waals surface area contributed by atoms with Crippen LogP contribution >= 0.6 is 0 Å². The molecular weight excluding hydrogens is 244 g/mol. The van der Waals surface area contributed by atoms with Crippen LogP contribution in [-0.4, -0.2) is 17.8 Å². The predicted molar refractivity (Wildman–Crippen MR) is 67.9 cm³/mol. The Labute approximate surface area is 111 Å². The molecule has 1 saturated heterocycles. The van der Waals surface area contributed by atoms with Crippen LogP contribution in [0.25, 0.3) is 0 Å². The third-order valence-electron chi connectivity index (χ3n) is 4.84. The number of carbonyl (C=O) groups excluding carboxylic acids is 3. The number of hydrogen-bond acceptors (Lipinski definition) is 3. The van der Waals surface area contributed by atoms with Gasteiger partial charge in [-0.2, -0.15) is 0 Å². The van der Waals surface area contributed by atoms with Crippen LogP contribution in [0, 0.1) is 17.3 Å². The monoisotopic (exact) mass is 262 g/mol. The summed E-state index contributed by atoms with van der Waals surface area (Å²) < 4.78 is 0. The van der Waals surface area contributed by atoms with Gasteiger partial charge in [0.2, 0.25) is 11.8 Å². The average Bonchev–Trinajstić information content (AvgIpc) is 2.68. The number of nitrogens with one attached hydrogen (secondary N) is 2. The van der Waals surface area contributed by atoms with Gasteiger partial charge in [-0.25, -0.2) is 4.79 Å². The molecule has 2 bridgehead atoms. The summed E-state index contributed by atoms with van der Waals surface area (Å²) in [6.45, 7) is 1.83. The van der Waals surface area contributed by atoms with Gasteiger partial charge < -0.3 is 0 Å². The van der Waals surface area contributed by atoms with E-state index in [9.17, 15) is 14.4 Å². The number of imide groups is 2. The molecule has 2 unspecified atom stereocenters. The zero-order valence-electron chi connectivity index (χ0n) is 11.0. The molecule has 2 N–H and O–H groups in total. The van der Waals surface area contributed by atoms with E-state index in [4.69, 9.17) is 0 Å². The fraction of sp³-hybridized carbons (Fsp3) is 0.643. The molecule has 4 amide bonds. The number of hydrogen-bond donors (Lipinski definition) is 2. The van der Waals surface area contributed by atoms with Crippen molar-refractivity contribution in [3.8, 4) is 0 Å². The van der Waals surface area contributed by atoms with Gasteiger partial charge >= 0.3 is 6.03 Å². The summed E-state index contributed by atoms with van der Waals surface area (Å²) in [4.78, 5) is 35.8. The van der Waals surface area contributed by atoms with Gasteiger partial charge in [0, 0.05) is 0 Å². The maximum Gasteiger partial charge on any atom is 0.328 e. The molecule has 2 atom stereocenters. The largest absolute Gasteiger partial charge is 0.328 e. The number of amides is 4. The Morgan fingerprint density at radius 2 is 1.89 bits per heavy atom. The summed E-state index contributed by atoms with van der Waals surface area (Å²) in [7, 11) is 0. The molecule has 102 valence electrons. The number of rotatable bonds is 2. The molecule has 2 aliphatic carbocycles. The third kappa shape index (κ3) is 1.71. The second kappa shape index (κ2) is 4.18. The summed E-state index contributed by atoms with van der Waals surface area (Å²) in [6.07, 6.45) is 6.80. The SMILES string of the molecule is CCC1(C2=CC3CCC(C2)C3)C(=O)NC(=O)NC1=O. The van der Waals surface area contributed by atoms with Crippen LogP contribution in [0.1, 0.15) is 39.0 Å². The Hall–Kier alpha value is -1.65. The molecule has 3 aliphatic rings. The van der Waals surface area contributed by atoms with Crippen molar-refractivity contribution in [2.45, 2.75) is 39.0 Å². The molecule has 3 rings (SSSR count). The highest BCUT2D eigenvalue weighted by Crippen LogP contribution is 2.48. The van der Waals surface area contributed by atoms with Crippen molar-refractivity contribution in [2.75, 3.05) is 0 Å². The maximum atomic E-state index is 12.3. The van der Waals surface area contributed by atoms with Gasteiger partial charge in [0.1, 0.15) is 5.41 Å². The lowest BCUT2D eigenvalue weighted by molar-refractivity contribution is -0.142. The number of allylic oxidation sites excluding steroid dienone is 1. The molecule has 1 saturated carbocycles. The van der Waals surface area contributed by atoms with Crippen molar-refractivity contribution < 1.29 is 14.4 Å². The molecular formula is C14H18N2O3. The Balaban J connectivity index is 2.01. The van der Waals surface area contributed by atoms with Crippen molar-refractivity contribution in [1.29, 1.82) is 0 Å². The lowest BCUT2D eigenvalue weighted by Crippen LogP contribution is -2.63. The van der Waals surface area contributed by atoms with Crippen molar-refractivity contribution in [3.05, 3.63) is 11.6 Å². The van der Waals surface area contributed by atoms with Gasteiger partial charge in [0.25, 0.3) is 0 Å². The predicted octanol–water partition coefficient (Wildman–Crippen LogP) is 1.50. The first-order valence-electron chi connectivity index (χ1n) is 6.94. The Morgan fingerprint density at radius 1 is 1.21 bits per heavy atom. The highest BCUT2D eigenvalue weighted by atomic mass is 16.2. The summed E-state index contributed by atoms with van der Waals surface area (Å²) in [5, 5.41) is 4.50. The van der Waals surface area contributed by atoms with Crippen LogP contribution in [0.15, 0.2) is 11.6 Å². The molecule has 0 radical (unpaired) electrons. The van der Waals surface area contributed by atoms with Crippen LogP contribution in [0.3, 0.4) is 0 Å². The van der Waals surface area contributed by atoms with E-state index in [0.29, 0.717) is 18.3 Å². The maximum absolute atomic E-state index is 12.3. The van der Waals surface area contributed by atoms with Crippen molar-refractivity contribution in [3.63, 3.8) is 0 Å². The summed E-state index contributed by atoms with van der Waals surface area (Å²) in [5.41, 5.74) is -0.258. The standard InChI is InChI=1S/C14H18N2O3/c1-2-14(11(17)15-13(19)16-12(14)18)10-6-8-3-4-9(5-8)7-10/h6,8-9H,2-5,7H2,1H3,(H2,15,16,17,18,19). The molecule has 0 spiro atoms. The molecule has 0 aromatic heterocycles. The van der Waals surface area contributed by atoms with Crippen molar-refractivity contribution in [2.24, 2.45) is 17.3 Å². The fourth-order valence-electron chi connectivity index (χ4n) is 3.82. The minimum Gasteiger partial charge on any atom is -0.277 e. The number of carbonyl (C=O) groups is 3. The molecule has 1 heterocycles. The molecule has 0 aromatic carbocycles. The summed E-state index contributed by atoms with van der Waals surface area (Å²) >= 11 is 0. The molecule has 0 aromatic rings. The van der Waals surface area contributed by atoms with Crippen LogP contribution < -0.4 is 10.6 Å². The molecule has 2 fully saturated rings. The van der Waals surface area contributed by atoms with E-state index in [0.717, 1.165) is 18.4 Å². The first kappa shape index (κ1) is 12.4. The van der Waals surface area contributed by atoms with Gasteiger partial charge in [0.15, 0.2) is 0 Å². The number of urea groups is 1. The van der Waals surface area contributed by atoms with Gasteiger partial charge in [-0.05, 0) is 49.5 Å². The average molecular weight is 262 g/mol. The van der Waals surface area contributed by atoms with Gasteiger partial charge in [-0.3, -0.25) is 20.2 Å². The van der Waals surface area contributed by atoms with Crippen molar-refractivity contribution >= 4 is 17.8 Å². The van der Waals surface area contributed by atoms with Crippen LogP contribution in [0.2, 0.25) is 0 Å². The van der Waals surface area contributed by atoms with Crippen LogP contribution in [-0.2, 0) is 9.59 Å². The van der Waals surface area contributed by atoms with E-state index in [-0.39, 0.29) is 0 Å². The second-order valence-electron chi connectivity index (χ2n) is 5.83. The van der Waals surface area contributed by atoms with Gasteiger partial charge in [0.05, 0.1) is 0 Å². The Morgan fingerprint density at radius 3 is 2.47 bits per heavy atom. The quantitative estimate of drug-likeness (QED) is 0.585. The van der Waals surface area contributed by atoms with Gasteiger partial charge in [-0.15, -0.1) is 0 Å². The van der Waals surface area contributed by atoms with E-state index < -0.39 is 23.3 Å². The topological polar surface area (TPSA) is 75.3 Å². The second-order valence-corrected chi connectivity index (χ2v) is 5.83. The third-order valence-corrected chi connectivity index (χ3v) is 4.84. The molecule has 19 heavy (non-hydrogen) atoms. The highest BCUT2D eigenvalue weighted by molar-refractivity contribution is 6.21. The zero-order chi connectivity index (χ0) is 13.6. The number of fused-ring (bicyclic) bond motifs is 2. The van der Waals surface area contributed by atoms with E-state index in [1.807, 2.05) is 6.92 Å². The zero-order valence-corrected chi connectivity index (χ0v) is 11.0. The highest BCUT2D eigenvalue weighted by Gasteiger charge is 2.53. The van der Waals surface area contributed by atoms with Crippen LogP contribution in [0.5, 0.6) is 0 Å². The lowest BCUT2D eigenvalue weighted by atomic mass is 9.69. The van der Waals surface area contributed by atoms with E-state index in [2.05, 4.69) is 16.7 Å². The minimum atomic E-state index is -1.17. The van der Waals surface area contributed by atoms with Crippen molar-refractivity contribution in [1.82, 2.24) is 10.6 Å². The Kier molecular flexibility index (Phi) is 2.73. The smallest absolute Gasteiger partial charge is 0.277 e. The first-order chi connectivity index (χ1) is 9.06. The Bertz CT molecular complexity index is 475. The van der Waals surface area contributed by atoms with E-state index in [1.54, 1.807) is 0 Å². The summed E-state index contributed by atoms with van der Waals surface area (Å²) in [6, 6.07) is -0.710. The molecule has 5 nitrogen and oxygen atoms in total. The van der Waals surface area contributed by atoms with Crippen LogP contribution in [0.4, 0.5) is 4.79 Å². The van der Waals surface area contributed by atoms with E-state index >= 15 is 0 Å². The fourth-order valence-corrected chi connectivity index (χ4v) is 3.82. The normalized spacial score (nSPS) is 32.7. The first-order valence-corrected chi connectivity index (χ1v) is 6.94. The lowest BCUT2D eigenvalue weighted by Gasteiger charge is -2.37. The minimum absolute atomic E-state index is 0.392. The van der Waals surface area contributed by atoms with E-state index in [1.165, 1.54) is 12.8 Å². The molecule has 5 heteroatoms. The van der Waals surface area contributed by atoms with Gasteiger partial charge in [-0.1, -0.05) is 13.0 Å². The number of barbiturate groups is 1. The summed E-state index contributed by atoms with van der Waals surface area (Å²) in [5.74, 6) is 0.162.